The fourth-order valence-electron chi connectivity index (χ4n) is 17.6. The van der Waals surface area contributed by atoms with Crippen molar-refractivity contribution in [3.63, 3.8) is 0 Å². The van der Waals surface area contributed by atoms with Crippen LogP contribution in [-0.4, -0.2) is 52.8 Å². The summed E-state index contributed by atoms with van der Waals surface area (Å²) in [6, 6.07) is 81.1. The van der Waals surface area contributed by atoms with Crippen LogP contribution in [0.1, 0.15) is 212 Å². The first-order valence-corrected chi connectivity index (χ1v) is 41.7. The van der Waals surface area contributed by atoms with E-state index in [2.05, 4.69) is 234 Å². The molecule has 13 heteroatoms. The van der Waals surface area contributed by atoms with E-state index in [4.69, 9.17) is 38.5 Å². The van der Waals surface area contributed by atoms with Gasteiger partial charge in [0.15, 0.2) is 11.6 Å². The summed E-state index contributed by atoms with van der Waals surface area (Å²) in [5.41, 5.74) is 32.3. The van der Waals surface area contributed by atoms with Crippen molar-refractivity contribution < 1.29 is 98.2 Å². The molecule has 3 N–H and O–H groups in total. The normalized spacial score (nSPS) is 13.9. The maximum Gasteiger partial charge on any atom is 0.354 e. The number of allylic oxidation sites excluding steroid dienone is 4. The van der Waals surface area contributed by atoms with Crippen molar-refractivity contribution in [3.8, 4) is 78.3 Å². The number of fused-ring (bicyclic) bond motifs is 12. The zero-order valence-electron chi connectivity index (χ0n) is 80.2. The zero-order chi connectivity index (χ0) is 92.3. The molecule has 3 aliphatic rings. The summed E-state index contributed by atoms with van der Waals surface area (Å²) in [6.45, 7) is 33.1. The van der Waals surface area contributed by atoms with Gasteiger partial charge >= 0.3 is 5.97 Å². The van der Waals surface area contributed by atoms with E-state index in [9.17, 15) is 14.4 Å². The Morgan fingerprint density at radius 1 is 0.403 bits per heavy atom. The fourth-order valence-corrected chi connectivity index (χ4v) is 17.6. The molecule has 0 unspecified atom stereocenters. The Morgan fingerprint density at radius 3 is 1.17 bits per heavy atom. The first-order valence-electron chi connectivity index (χ1n) is 44.7. The first-order chi connectivity index (χ1) is 60.0. The number of hydrogen-bond acceptors (Lipinski definition) is 9. The molecule has 0 spiro atoms. The molecule has 17 rings (SSSR count). The summed E-state index contributed by atoms with van der Waals surface area (Å²) < 4.78 is 51.4. The van der Waals surface area contributed by atoms with Crippen molar-refractivity contribution in [2.45, 2.75) is 187 Å². The Balaban J connectivity index is 0.000000194. The molecule has 0 atom stereocenters. The average Bonchev–Trinajstić information content (AvgIpc) is 1.51. The molecule has 124 heavy (non-hydrogen) atoms. The van der Waals surface area contributed by atoms with Crippen molar-refractivity contribution in [1.29, 1.82) is 0 Å². The first kappa shape index (κ1) is 88.3. The van der Waals surface area contributed by atoms with Crippen LogP contribution < -0.4 is 0 Å². The number of carbonyl (C=O) groups is 3. The number of carboxylic acid groups (broad SMARTS) is 1. The molecular weight excluding hydrogens is 2060 g/mol. The Hall–Kier alpha value is -10.6. The molecule has 0 aliphatic heterocycles. The maximum atomic E-state index is 10.1. The van der Waals surface area contributed by atoms with Gasteiger partial charge in [0.05, 0.1) is 28.1 Å². The van der Waals surface area contributed by atoms with E-state index in [1.807, 2.05) is 63.2 Å². The van der Waals surface area contributed by atoms with Crippen LogP contribution in [0, 0.1) is 78.5 Å². The second-order valence-electron chi connectivity index (χ2n) is 34.1. The third-order valence-corrected chi connectivity index (χ3v) is 22.6. The monoisotopic (exact) mass is 2180 g/mol. The third-order valence-electron chi connectivity index (χ3n) is 22.6. The quantitative estimate of drug-likeness (QED) is 0.0575. The Labute approximate surface area is 783 Å². The van der Waals surface area contributed by atoms with Crippen LogP contribution in [-0.2, 0) is 99.0 Å². The van der Waals surface area contributed by atoms with Crippen LogP contribution in [0.25, 0.3) is 111 Å². The zero-order valence-corrected chi connectivity index (χ0v) is 81.4. The van der Waals surface area contributed by atoms with Crippen molar-refractivity contribution >= 4 is 50.2 Å². The van der Waals surface area contributed by atoms with Crippen molar-refractivity contribution in [2.75, 3.05) is 0 Å². The Kier molecular flexibility index (Phi) is 29.2. The maximum absolute atomic E-state index is 10.1. The van der Waals surface area contributed by atoms with E-state index >= 15 is 0 Å². The fraction of sp³-hybridized carbons (Fsp3) is 0.270. The number of aliphatic hydroxyl groups is 2. The van der Waals surface area contributed by atoms with Gasteiger partial charge in [0.1, 0.15) is 5.69 Å². The van der Waals surface area contributed by atoms with Crippen LogP contribution >= 0.6 is 0 Å². The van der Waals surface area contributed by atoms with Gasteiger partial charge in [-0.25, -0.2) is 9.78 Å². The van der Waals surface area contributed by atoms with Crippen molar-refractivity contribution in [2.24, 2.45) is 11.8 Å². The van der Waals surface area contributed by atoms with Crippen molar-refractivity contribution in [1.82, 2.24) is 19.9 Å². The standard InChI is InChI=1S/C33H28N.C32H34N.C30H30N.C6H5NO2.2C5H8O2.3Ir/c1-20-9-8-10-23(14-20)26-18-31(24-15-21(2)13-22(3)16-24)34-32-19-30-27(17-28(26)32)25-11-6-7-12-29(25)33(30,4)5;1-7-32(8-2)28-12-10-9-11-25(28)27-18-26-23(13-20(3)4)17-30(33-31(26)19-29(27)32)24-15-21(5)14-22(6)16-24;1-18(2)11-21-15-28(22-13-19(3)12-20(4)14-22)31-29-17-27-25(16-24(21)29)23-9-7-8-10-26(23)30(27,5)6;8-6(9)5-3-1-2-4-7-5;2*1-4(6)3-5(2)7;;;/h6-15,17-19H,1-5H3;9-12,14-15,17-20H,7-8,13H2,1-6H3;7-10,12-13,15-18H,11H2,1-6H3;1-4H,(H,8,9);2*3,6H,1-2H3;;;/q3*-1;;;;;;/i4D3,5D3;;;;;;;;. The minimum atomic E-state index is -2.83. The van der Waals surface area contributed by atoms with Gasteiger partial charge in [0, 0.05) is 119 Å². The number of nitrogens with zero attached hydrogens (tertiary/aromatic N) is 4. The Bertz CT molecular complexity index is 6540. The molecule has 0 saturated carbocycles. The Morgan fingerprint density at radius 2 is 0.790 bits per heavy atom. The summed E-state index contributed by atoms with van der Waals surface area (Å²) in [7, 11) is 0. The van der Waals surface area contributed by atoms with Gasteiger partial charge in [0.2, 0.25) is 0 Å². The smallest absolute Gasteiger partial charge is 0.354 e. The molecule has 4 aromatic heterocycles. The van der Waals surface area contributed by atoms with Crippen LogP contribution in [0.5, 0.6) is 0 Å². The van der Waals surface area contributed by atoms with Gasteiger partial charge in [-0.3, -0.25) is 24.5 Å². The molecule has 10 aromatic carbocycles. The number of benzene rings is 10. The largest absolute Gasteiger partial charge is 0.512 e. The van der Waals surface area contributed by atoms with E-state index in [0.717, 1.165) is 109 Å². The molecule has 3 aliphatic carbocycles. The molecule has 643 valence electrons. The van der Waals surface area contributed by atoms with E-state index < -0.39 is 25.1 Å². The molecular formula is C111H113Ir3N4O6-3. The summed E-state index contributed by atoms with van der Waals surface area (Å²) in [5.74, 6) is 0.0480. The van der Waals surface area contributed by atoms with Crippen LogP contribution in [0.3, 0.4) is 0 Å². The predicted octanol–water partition coefficient (Wildman–Crippen LogP) is 27.9. The van der Waals surface area contributed by atoms with E-state index in [1.165, 1.54) is 130 Å². The molecule has 0 fully saturated rings. The molecule has 0 saturated heterocycles. The summed E-state index contributed by atoms with van der Waals surface area (Å²) in [5, 5.41) is 28.5. The third kappa shape index (κ3) is 21.7. The van der Waals surface area contributed by atoms with E-state index in [0.29, 0.717) is 39.7 Å². The predicted molar refractivity (Wildman–Crippen MR) is 501 cm³/mol. The minimum absolute atomic E-state index is 0. The van der Waals surface area contributed by atoms with Gasteiger partial charge in [-0.15, -0.1) is 105 Å². The van der Waals surface area contributed by atoms with Gasteiger partial charge < -0.3 is 15.3 Å². The number of hydrogen-bond donors (Lipinski definition) is 3. The topological polar surface area (TPSA) is 163 Å². The van der Waals surface area contributed by atoms with Gasteiger partial charge in [-0.05, 0) is 227 Å². The van der Waals surface area contributed by atoms with Crippen LogP contribution in [0.4, 0.5) is 0 Å². The van der Waals surface area contributed by atoms with E-state index in [-0.39, 0.29) is 105 Å². The number of aliphatic hydroxyl groups excluding tert-OH is 2. The van der Waals surface area contributed by atoms with Crippen LogP contribution in [0.2, 0.25) is 0 Å². The number of aromatic carboxylic acids is 1. The number of carboxylic acids is 1. The van der Waals surface area contributed by atoms with E-state index in [1.54, 1.807) is 30.3 Å². The average molecular weight is 2180 g/mol. The summed E-state index contributed by atoms with van der Waals surface area (Å²) in [4.78, 5) is 49.2. The number of rotatable bonds is 13. The second kappa shape index (κ2) is 41.0. The molecule has 0 amide bonds. The number of ketones is 2. The number of aromatic nitrogens is 4. The van der Waals surface area contributed by atoms with Gasteiger partial charge in [0.25, 0.3) is 0 Å². The van der Waals surface area contributed by atoms with Crippen LogP contribution in [0.15, 0.2) is 236 Å². The van der Waals surface area contributed by atoms with Gasteiger partial charge in [-0.1, -0.05) is 238 Å². The number of aryl methyl sites for hydroxylation is 7. The molecule has 10 nitrogen and oxygen atoms in total. The summed E-state index contributed by atoms with van der Waals surface area (Å²) >= 11 is 0. The molecule has 3 radical (unpaired) electrons. The minimum Gasteiger partial charge on any atom is -0.512 e. The summed E-state index contributed by atoms with van der Waals surface area (Å²) in [6.07, 6.45) is 8.07. The number of carbonyl (C=O) groups excluding carboxylic acids is 2. The van der Waals surface area contributed by atoms with Crippen molar-refractivity contribution in [3.05, 3.63) is 343 Å². The molecule has 14 aromatic rings. The van der Waals surface area contributed by atoms with Gasteiger partial charge in [-0.2, -0.15) is 0 Å². The molecule has 0 bridgehead atoms. The number of pyridine rings is 4. The second-order valence-corrected chi connectivity index (χ2v) is 34.1. The molecule has 4 heterocycles. The SMILES string of the molecule is CC(=O)C=C(C)O.CC(=O)C=C(C)O.CCC1(CC)c2ccccc2-c2cc3c(CC(C)C)cc(-c4[c-]c(C)cc(C)c4)nc3cc21.Cc1[c-]c(-c2cc(CC(C)C)c3cc4c(cc3n2)C(C)(C)c2ccccc2-4)cc(C)c1.O=C(O)c1ccccn1.[2H]C([2H])([2H])C1(C([2H])([2H])[2H])c2ccccc2-c2cc3c(-c4cccc(C)c4)cc(-c4[c-]c(C)cc(C)c4)nc3cc21.[Ir].[Ir].[Ir].